The maximum Gasteiger partial charge on any atom is 0.164 e. The highest BCUT2D eigenvalue weighted by Gasteiger charge is 2.20. The van der Waals surface area contributed by atoms with Gasteiger partial charge in [-0.3, -0.25) is 0 Å². The van der Waals surface area contributed by atoms with Gasteiger partial charge in [0.25, 0.3) is 0 Å². The van der Waals surface area contributed by atoms with Crippen LogP contribution < -0.4 is 9.47 Å². The minimum Gasteiger partial charge on any atom is -0.493 e. The van der Waals surface area contributed by atoms with Crippen LogP contribution in [0, 0.1) is 0 Å². The minimum atomic E-state index is 0.832. The molecule has 16 heavy (non-hydrogen) atoms. The van der Waals surface area contributed by atoms with E-state index in [9.17, 15) is 0 Å². The molecule has 0 aromatic heterocycles. The van der Waals surface area contributed by atoms with Crippen LogP contribution in [0.4, 0.5) is 0 Å². The zero-order valence-corrected chi connectivity index (χ0v) is 10.2. The lowest BCUT2D eigenvalue weighted by Crippen LogP contribution is -2.05. The molecule has 1 aromatic carbocycles. The average Bonchev–Trinajstić information content (AvgIpc) is 2.36. The Balaban J connectivity index is 2.59. The first-order valence-electron chi connectivity index (χ1n) is 5.71. The number of hydrogen-bond donors (Lipinski definition) is 0. The van der Waals surface area contributed by atoms with E-state index in [4.69, 9.17) is 9.47 Å². The highest BCUT2D eigenvalue weighted by molar-refractivity contribution is 5.73. The molecule has 0 fully saturated rings. The third-order valence-corrected chi connectivity index (χ3v) is 3.22. The maximum atomic E-state index is 5.48. The molecule has 0 N–H and O–H groups in total. The summed E-state index contributed by atoms with van der Waals surface area (Å²) in [5, 5.41) is 0. The fourth-order valence-electron chi connectivity index (χ4n) is 2.43. The van der Waals surface area contributed by atoms with Crippen molar-refractivity contribution in [2.75, 3.05) is 14.2 Å². The molecule has 2 nitrogen and oxygen atoms in total. The summed E-state index contributed by atoms with van der Waals surface area (Å²) in [5.41, 5.74) is 4.04. The van der Waals surface area contributed by atoms with Gasteiger partial charge in [-0.2, -0.15) is 0 Å². The van der Waals surface area contributed by atoms with Crippen LogP contribution in [0.1, 0.15) is 30.9 Å². The van der Waals surface area contributed by atoms with Gasteiger partial charge in [0.1, 0.15) is 0 Å². The van der Waals surface area contributed by atoms with Crippen LogP contribution in [0.3, 0.4) is 0 Å². The van der Waals surface area contributed by atoms with Crippen molar-refractivity contribution in [1.29, 1.82) is 0 Å². The molecule has 1 aliphatic carbocycles. The number of fused-ring (bicyclic) bond motifs is 1. The predicted molar refractivity (Wildman–Crippen MR) is 66.1 cm³/mol. The van der Waals surface area contributed by atoms with Crippen molar-refractivity contribution in [3.63, 3.8) is 0 Å². The number of ether oxygens (including phenoxy) is 2. The van der Waals surface area contributed by atoms with E-state index in [2.05, 4.69) is 19.1 Å². The standard InChI is InChI=1S/C14H18O2/c1-4-10-6-5-7-12-11(10)8-9-13(15-2)14(12)16-3/h4,8-9H,5-7H2,1-3H3/b10-4+. The summed E-state index contributed by atoms with van der Waals surface area (Å²) >= 11 is 0. The molecule has 2 heteroatoms. The Bertz CT molecular complexity index is 419. The first kappa shape index (κ1) is 11.1. The molecule has 0 spiro atoms. The van der Waals surface area contributed by atoms with Gasteiger partial charge in [-0.05, 0) is 43.4 Å². The topological polar surface area (TPSA) is 18.5 Å². The zero-order valence-electron chi connectivity index (χ0n) is 10.2. The van der Waals surface area contributed by atoms with Gasteiger partial charge in [0.05, 0.1) is 14.2 Å². The number of methoxy groups -OCH3 is 2. The summed E-state index contributed by atoms with van der Waals surface area (Å²) in [7, 11) is 3.39. The molecule has 0 aliphatic heterocycles. The van der Waals surface area contributed by atoms with Gasteiger partial charge >= 0.3 is 0 Å². The van der Waals surface area contributed by atoms with Crippen molar-refractivity contribution in [3.05, 3.63) is 29.3 Å². The summed E-state index contributed by atoms with van der Waals surface area (Å²) in [5.74, 6) is 1.73. The SMILES string of the molecule is C/C=C1\CCCc2c1ccc(OC)c2OC. The van der Waals surface area contributed by atoms with Gasteiger partial charge in [-0.15, -0.1) is 0 Å². The van der Waals surface area contributed by atoms with Crippen molar-refractivity contribution in [3.8, 4) is 11.5 Å². The lowest BCUT2D eigenvalue weighted by Gasteiger charge is -2.22. The van der Waals surface area contributed by atoms with Crippen LogP contribution in [0.2, 0.25) is 0 Å². The molecule has 86 valence electrons. The van der Waals surface area contributed by atoms with E-state index in [1.165, 1.54) is 29.5 Å². The van der Waals surface area contributed by atoms with Crippen molar-refractivity contribution in [1.82, 2.24) is 0 Å². The van der Waals surface area contributed by atoms with E-state index in [1.807, 2.05) is 6.07 Å². The molecular weight excluding hydrogens is 200 g/mol. The zero-order chi connectivity index (χ0) is 11.5. The largest absolute Gasteiger partial charge is 0.493 e. The smallest absolute Gasteiger partial charge is 0.164 e. The molecule has 0 unspecified atom stereocenters. The molecule has 0 amide bonds. The second kappa shape index (κ2) is 4.60. The monoisotopic (exact) mass is 218 g/mol. The Morgan fingerprint density at radius 2 is 1.94 bits per heavy atom. The maximum absolute atomic E-state index is 5.48. The summed E-state index contributed by atoms with van der Waals surface area (Å²) in [6, 6.07) is 4.14. The summed E-state index contributed by atoms with van der Waals surface area (Å²) in [6.45, 7) is 2.10. The molecule has 2 rings (SSSR count). The normalized spacial score (nSPS) is 17.1. The van der Waals surface area contributed by atoms with Gasteiger partial charge in [-0.1, -0.05) is 12.1 Å². The van der Waals surface area contributed by atoms with Crippen LogP contribution in [0.25, 0.3) is 5.57 Å². The average molecular weight is 218 g/mol. The highest BCUT2D eigenvalue weighted by atomic mass is 16.5. The first-order valence-corrected chi connectivity index (χ1v) is 5.71. The van der Waals surface area contributed by atoms with Crippen LogP contribution in [0.5, 0.6) is 11.5 Å². The van der Waals surface area contributed by atoms with E-state index in [0.717, 1.165) is 17.9 Å². The molecular formula is C14H18O2. The van der Waals surface area contributed by atoms with E-state index >= 15 is 0 Å². The van der Waals surface area contributed by atoms with Gasteiger partial charge in [0, 0.05) is 5.56 Å². The molecule has 0 saturated carbocycles. The second-order valence-corrected chi connectivity index (χ2v) is 3.99. The van der Waals surface area contributed by atoms with Crippen molar-refractivity contribution < 1.29 is 9.47 Å². The summed E-state index contributed by atoms with van der Waals surface area (Å²) in [6.07, 6.45) is 5.63. The second-order valence-electron chi connectivity index (χ2n) is 3.99. The minimum absolute atomic E-state index is 0.832. The molecule has 0 atom stereocenters. The summed E-state index contributed by atoms with van der Waals surface area (Å²) in [4.78, 5) is 0. The number of benzene rings is 1. The van der Waals surface area contributed by atoms with E-state index in [0.29, 0.717) is 0 Å². The van der Waals surface area contributed by atoms with Crippen molar-refractivity contribution >= 4 is 5.57 Å². The fourth-order valence-corrected chi connectivity index (χ4v) is 2.43. The van der Waals surface area contributed by atoms with Crippen LogP contribution in [0.15, 0.2) is 18.2 Å². The number of allylic oxidation sites excluding steroid dienone is 2. The number of rotatable bonds is 2. The Morgan fingerprint density at radius 3 is 2.56 bits per heavy atom. The Morgan fingerprint density at radius 1 is 1.12 bits per heavy atom. The first-order chi connectivity index (χ1) is 7.81. The van der Waals surface area contributed by atoms with E-state index in [-0.39, 0.29) is 0 Å². The van der Waals surface area contributed by atoms with Crippen LogP contribution in [-0.2, 0) is 6.42 Å². The van der Waals surface area contributed by atoms with Gasteiger partial charge in [0.15, 0.2) is 11.5 Å². The van der Waals surface area contributed by atoms with Crippen molar-refractivity contribution in [2.45, 2.75) is 26.2 Å². The Kier molecular flexibility index (Phi) is 3.18. The molecule has 0 bridgehead atoms. The Labute approximate surface area is 96.9 Å². The third-order valence-electron chi connectivity index (χ3n) is 3.22. The number of hydrogen-bond acceptors (Lipinski definition) is 2. The third kappa shape index (κ3) is 1.69. The van der Waals surface area contributed by atoms with Gasteiger partial charge in [0.2, 0.25) is 0 Å². The van der Waals surface area contributed by atoms with Crippen LogP contribution in [-0.4, -0.2) is 14.2 Å². The van der Waals surface area contributed by atoms with Gasteiger partial charge in [-0.25, -0.2) is 0 Å². The quantitative estimate of drug-likeness (QED) is 0.757. The predicted octanol–water partition coefficient (Wildman–Crippen LogP) is 3.44. The lowest BCUT2D eigenvalue weighted by atomic mass is 9.86. The molecule has 0 radical (unpaired) electrons. The molecule has 0 heterocycles. The Hall–Kier alpha value is -1.44. The van der Waals surface area contributed by atoms with E-state index < -0.39 is 0 Å². The van der Waals surface area contributed by atoms with Crippen LogP contribution >= 0.6 is 0 Å². The fraction of sp³-hybridized carbons (Fsp3) is 0.429. The van der Waals surface area contributed by atoms with E-state index in [1.54, 1.807) is 14.2 Å². The van der Waals surface area contributed by atoms with Crippen molar-refractivity contribution in [2.24, 2.45) is 0 Å². The molecule has 0 saturated heterocycles. The molecule has 1 aliphatic rings. The lowest BCUT2D eigenvalue weighted by molar-refractivity contribution is 0.351. The van der Waals surface area contributed by atoms with Gasteiger partial charge < -0.3 is 9.47 Å². The summed E-state index contributed by atoms with van der Waals surface area (Å²) < 4.78 is 10.8. The molecule has 1 aromatic rings. The highest BCUT2D eigenvalue weighted by Crippen LogP contribution is 2.41.